The van der Waals surface area contributed by atoms with E-state index in [1.165, 1.54) is 16.7 Å². The minimum Gasteiger partial charge on any atom is -0.489 e. The van der Waals surface area contributed by atoms with Crippen molar-refractivity contribution >= 4 is 0 Å². The quantitative estimate of drug-likeness (QED) is 0.615. The Morgan fingerprint density at radius 1 is 0.760 bits per heavy atom. The summed E-state index contributed by atoms with van der Waals surface area (Å²) in [5.41, 5.74) is 3.83. The normalized spacial score (nSPS) is 11.9. The fourth-order valence-electron chi connectivity index (χ4n) is 2.79. The van der Waals surface area contributed by atoms with Gasteiger partial charge in [-0.05, 0) is 48.7 Å². The molecule has 0 radical (unpaired) electrons. The number of nitrogens with one attached hydrogen (secondary N) is 1. The average molecular weight is 331 g/mol. The maximum atomic E-state index is 5.85. The fourth-order valence-corrected chi connectivity index (χ4v) is 2.79. The first kappa shape index (κ1) is 17.2. The average Bonchev–Trinajstić information content (AvgIpc) is 2.68. The highest BCUT2D eigenvalue weighted by Gasteiger charge is 2.05. The Morgan fingerprint density at radius 3 is 2.00 bits per heavy atom. The third-order valence-electron chi connectivity index (χ3n) is 4.34. The SMILES string of the molecule is CC(NCCc1ccccc1)c1ccc(OCc2ccccc2)cc1. The van der Waals surface area contributed by atoms with Crippen LogP contribution in [-0.2, 0) is 13.0 Å². The largest absolute Gasteiger partial charge is 0.489 e. The van der Waals surface area contributed by atoms with Gasteiger partial charge < -0.3 is 10.1 Å². The van der Waals surface area contributed by atoms with Crippen LogP contribution in [0.5, 0.6) is 5.75 Å². The molecular formula is C23H25NO. The maximum Gasteiger partial charge on any atom is 0.119 e. The van der Waals surface area contributed by atoms with Crippen molar-refractivity contribution in [2.45, 2.75) is 26.0 Å². The lowest BCUT2D eigenvalue weighted by atomic mass is 10.1. The van der Waals surface area contributed by atoms with Gasteiger partial charge in [-0.2, -0.15) is 0 Å². The van der Waals surface area contributed by atoms with Crippen molar-refractivity contribution in [1.29, 1.82) is 0 Å². The Kier molecular flexibility index (Phi) is 6.24. The van der Waals surface area contributed by atoms with Crippen molar-refractivity contribution in [3.8, 4) is 5.75 Å². The van der Waals surface area contributed by atoms with Crippen molar-refractivity contribution in [2.75, 3.05) is 6.54 Å². The van der Waals surface area contributed by atoms with Crippen LogP contribution in [0.25, 0.3) is 0 Å². The summed E-state index contributed by atoms with van der Waals surface area (Å²) in [5.74, 6) is 0.907. The van der Waals surface area contributed by atoms with Crippen LogP contribution in [0.2, 0.25) is 0 Å². The highest BCUT2D eigenvalue weighted by molar-refractivity contribution is 5.29. The fraction of sp³-hybridized carbons (Fsp3) is 0.217. The standard InChI is InChI=1S/C23H25NO/c1-19(24-17-16-20-8-4-2-5-9-20)22-12-14-23(15-13-22)25-18-21-10-6-3-7-11-21/h2-15,19,24H,16-18H2,1H3. The molecule has 3 aromatic rings. The molecule has 25 heavy (non-hydrogen) atoms. The Bertz CT molecular complexity index is 738. The van der Waals surface area contributed by atoms with Gasteiger partial charge in [0.05, 0.1) is 0 Å². The molecule has 0 spiro atoms. The number of hydrogen-bond acceptors (Lipinski definition) is 2. The Balaban J connectivity index is 1.46. The molecule has 2 heteroatoms. The van der Waals surface area contributed by atoms with Gasteiger partial charge in [-0.25, -0.2) is 0 Å². The van der Waals surface area contributed by atoms with Gasteiger partial charge in [0.15, 0.2) is 0 Å². The van der Waals surface area contributed by atoms with E-state index < -0.39 is 0 Å². The highest BCUT2D eigenvalue weighted by Crippen LogP contribution is 2.18. The second-order valence-corrected chi connectivity index (χ2v) is 6.25. The molecule has 0 heterocycles. The molecule has 2 nitrogen and oxygen atoms in total. The zero-order chi connectivity index (χ0) is 17.3. The summed E-state index contributed by atoms with van der Waals surface area (Å²) in [6.45, 7) is 3.77. The summed E-state index contributed by atoms with van der Waals surface area (Å²) < 4.78 is 5.85. The smallest absolute Gasteiger partial charge is 0.119 e. The third kappa shape index (κ3) is 5.47. The lowest BCUT2D eigenvalue weighted by molar-refractivity contribution is 0.306. The summed E-state index contributed by atoms with van der Waals surface area (Å²) in [6, 6.07) is 29.5. The van der Waals surface area contributed by atoms with Gasteiger partial charge in [0, 0.05) is 6.04 Å². The molecule has 1 unspecified atom stereocenters. The molecule has 0 aromatic heterocycles. The molecule has 0 amide bonds. The second-order valence-electron chi connectivity index (χ2n) is 6.25. The Labute approximate surface area is 150 Å². The molecule has 1 N–H and O–H groups in total. The Hall–Kier alpha value is -2.58. The van der Waals surface area contributed by atoms with Crippen molar-refractivity contribution in [2.24, 2.45) is 0 Å². The van der Waals surface area contributed by atoms with E-state index in [1.807, 2.05) is 30.3 Å². The van der Waals surface area contributed by atoms with Gasteiger partial charge in [-0.3, -0.25) is 0 Å². The molecule has 0 saturated carbocycles. The van der Waals surface area contributed by atoms with Crippen LogP contribution >= 0.6 is 0 Å². The van der Waals surface area contributed by atoms with Gasteiger partial charge >= 0.3 is 0 Å². The summed E-state index contributed by atoms with van der Waals surface area (Å²) in [6.07, 6.45) is 1.05. The van der Waals surface area contributed by atoms with E-state index >= 15 is 0 Å². The van der Waals surface area contributed by atoms with Crippen LogP contribution in [0, 0.1) is 0 Å². The van der Waals surface area contributed by atoms with Crippen LogP contribution in [0.3, 0.4) is 0 Å². The maximum absolute atomic E-state index is 5.85. The first-order valence-corrected chi connectivity index (χ1v) is 8.85. The van der Waals surface area contributed by atoms with Gasteiger partial charge in [-0.1, -0.05) is 72.8 Å². The molecule has 0 saturated heterocycles. The lowest BCUT2D eigenvalue weighted by Crippen LogP contribution is -2.21. The molecular weight excluding hydrogens is 306 g/mol. The van der Waals surface area contributed by atoms with E-state index in [2.05, 4.69) is 66.8 Å². The predicted molar refractivity (Wildman–Crippen MR) is 104 cm³/mol. The summed E-state index contributed by atoms with van der Waals surface area (Å²) in [4.78, 5) is 0. The zero-order valence-corrected chi connectivity index (χ0v) is 14.7. The molecule has 0 fully saturated rings. The van der Waals surface area contributed by atoms with Crippen molar-refractivity contribution < 1.29 is 4.74 Å². The van der Waals surface area contributed by atoms with E-state index in [0.29, 0.717) is 12.6 Å². The van der Waals surface area contributed by atoms with Crippen LogP contribution in [-0.4, -0.2) is 6.54 Å². The number of benzene rings is 3. The second kappa shape index (κ2) is 9.05. The first-order valence-electron chi connectivity index (χ1n) is 8.85. The van der Waals surface area contributed by atoms with Gasteiger partial charge in [-0.15, -0.1) is 0 Å². The molecule has 0 bridgehead atoms. The van der Waals surface area contributed by atoms with Crippen molar-refractivity contribution in [3.05, 3.63) is 102 Å². The van der Waals surface area contributed by atoms with Crippen LogP contribution in [0.15, 0.2) is 84.9 Å². The lowest BCUT2D eigenvalue weighted by Gasteiger charge is -2.15. The Morgan fingerprint density at radius 2 is 1.36 bits per heavy atom. The third-order valence-corrected chi connectivity index (χ3v) is 4.34. The van der Waals surface area contributed by atoms with E-state index in [0.717, 1.165) is 18.7 Å². The van der Waals surface area contributed by atoms with Gasteiger partial charge in [0.2, 0.25) is 0 Å². The highest BCUT2D eigenvalue weighted by atomic mass is 16.5. The number of hydrogen-bond donors (Lipinski definition) is 1. The molecule has 0 aliphatic heterocycles. The minimum atomic E-state index is 0.326. The van der Waals surface area contributed by atoms with E-state index in [4.69, 9.17) is 4.74 Å². The van der Waals surface area contributed by atoms with E-state index in [1.54, 1.807) is 0 Å². The summed E-state index contributed by atoms with van der Waals surface area (Å²) >= 11 is 0. The van der Waals surface area contributed by atoms with E-state index in [9.17, 15) is 0 Å². The molecule has 0 aliphatic carbocycles. The minimum absolute atomic E-state index is 0.326. The molecule has 3 aromatic carbocycles. The van der Waals surface area contributed by atoms with Crippen molar-refractivity contribution in [1.82, 2.24) is 5.32 Å². The monoisotopic (exact) mass is 331 g/mol. The first-order chi connectivity index (χ1) is 12.3. The number of rotatable bonds is 8. The molecule has 128 valence electrons. The van der Waals surface area contributed by atoms with E-state index in [-0.39, 0.29) is 0 Å². The van der Waals surface area contributed by atoms with Gasteiger partial charge in [0.1, 0.15) is 12.4 Å². The van der Waals surface area contributed by atoms with Crippen LogP contribution < -0.4 is 10.1 Å². The topological polar surface area (TPSA) is 21.3 Å². The zero-order valence-electron chi connectivity index (χ0n) is 14.7. The number of ether oxygens (including phenoxy) is 1. The summed E-state index contributed by atoms with van der Waals surface area (Å²) in [5, 5.41) is 3.58. The summed E-state index contributed by atoms with van der Waals surface area (Å²) in [7, 11) is 0. The van der Waals surface area contributed by atoms with Gasteiger partial charge in [0.25, 0.3) is 0 Å². The molecule has 0 aliphatic rings. The van der Waals surface area contributed by atoms with Crippen LogP contribution in [0.1, 0.15) is 29.7 Å². The van der Waals surface area contributed by atoms with Crippen molar-refractivity contribution in [3.63, 3.8) is 0 Å². The predicted octanol–water partition coefficient (Wildman–Crippen LogP) is 5.16. The molecule has 3 rings (SSSR count). The molecule has 1 atom stereocenters. The van der Waals surface area contributed by atoms with Crippen LogP contribution in [0.4, 0.5) is 0 Å².